The monoisotopic (exact) mass is 372 g/mol. The molecule has 0 amide bonds. The first-order chi connectivity index (χ1) is 12.5. The number of benzene rings is 2. The van der Waals surface area contributed by atoms with E-state index in [-0.39, 0.29) is 23.7 Å². The number of hydrogen-bond acceptors (Lipinski definition) is 5. The van der Waals surface area contributed by atoms with E-state index in [0.717, 1.165) is 0 Å². The Morgan fingerprint density at radius 1 is 1.15 bits per heavy atom. The van der Waals surface area contributed by atoms with E-state index < -0.39 is 26.7 Å². The number of carbonyl (C=O) groups is 1. The highest BCUT2D eigenvalue weighted by atomic mass is 32.2. The topological polar surface area (TPSA) is 69.7 Å². The molecular weight excluding hydrogens is 352 g/mol. The largest absolute Gasteiger partial charge is 0.464 e. The SMILES string of the molecule is C=C1CO[C@@H](c2ccccc2)[C@]1(C(=O)OCC)S(=O)(=O)c1ccccc1. The first-order valence-corrected chi connectivity index (χ1v) is 9.76. The van der Waals surface area contributed by atoms with E-state index in [4.69, 9.17) is 9.47 Å². The van der Waals surface area contributed by atoms with Gasteiger partial charge in [-0.2, -0.15) is 0 Å². The second kappa shape index (κ2) is 7.05. The van der Waals surface area contributed by atoms with Crippen LogP contribution in [0.25, 0.3) is 0 Å². The summed E-state index contributed by atoms with van der Waals surface area (Å²) in [7, 11) is -4.17. The van der Waals surface area contributed by atoms with Crippen LogP contribution in [0.1, 0.15) is 18.6 Å². The average Bonchev–Trinajstić information content (AvgIpc) is 3.02. The predicted octanol–water partition coefficient (Wildman–Crippen LogP) is 3.09. The van der Waals surface area contributed by atoms with Crippen LogP contribution in [-0.2, 0) is 24.1 Å². The molecule has 2 aromatic rings. The lowest BCUT2D eigenvalue weighted by Gasteiger charge is -2.32. The van der Waals surface area contributed by atoms with Crippen LogP contribution in [0.5, 0.6) is 0 Å². The zero-order chi connectivity index (χ0) is 18.8. The Morgan fingerprint density at radius 2 is 1.73 bits per heavy atom. The lowest BCUT2D eigenvalue weighted by molar-refractivity contribution is -0.147. The third-order valence-electron chi connectivity index (χ3n) is 4.48. The number of ether oxygens (including phenoxy) is 2. The molecule has 1 aliphatic heterocycles. The summed E-state index contributed by atoms with van der Waals surface area (Å²) < 4.78 is 36.2. The molecule has 0 N–H and O–H groups in total. The minimum absolute atomic E-state index is 0.0284. The van der Waals surface area contributed by atoms with Gasteiger partial charge in [-0.05, 0) is 30.2 Å². The van der Waals surface area contributed by atoms with E-state index in [1.165, 1.54) is 12.1 Å². The van der Waals surface area contributed by atoms with E-state index >= 15 is 0 Å². The Kier molecular flexibility index (Phi) is 4.98. The van der Waals surface area contributed by atoms with Gasteiger partial charge >= 0.3 is 5.97 Å². The molecule has 2 atom stereocenters. The third-order valence-corrected chi connectivity index (χ3v) is 6.89. The summed E-state index contributed by atoms with van der Waals surface area (Å²) in [5, 5.41) is 0. The highest BCUT2D eigenvalue weighted by Gasteiger charge is 2.64. The molecule has 0 unspecified atom stereocenters. The number of esters is 1. The summed E-state index contributed by atoms with van der Waals surface area (Å²) in [6.07, 6.45) is -1.03. The van der Waals surface area contributed by atoms with Crippen molar-refractivity contribution in [2.24, 2.45) is 0 Å². The molecule has 1 fully saturated rings. The van der Waals surface area contributed by atoms with Gasteiger partial charge in [-0.3, -0.25) is 0 Å². The summed E-state index contributed by atoms with van der Waals surface area (Å²) in [6.45, 7) is 5.53. The fourth-order valence-electron chi connectivity index (χ4n) is 3.27. The van der Waals surface area contributed by atoms with Crippen molar-refractivity contribution in [3.8, 4) is 0 Å². The van der Waals surface area contributed by atoms with Gasteiger partial charge in [0.05, 0.1) is 18.1 Å². The minimum Gasteiger partial charge on any atom is -0.464 e. The van der Waals surface area contributed by atoms with Gasteiger partial charge in [0.15, 0.2) is 0 Å². The molecular formula is C20H20O5S. The molecule has 0 radical (unpaired) electrons. The molecule has 1 aliphatic rings. The minimum atomic E-state index is -4.17. The Balaban J connectivity index is 2.27. The van der Waals surface area contributed by atoms with Crippen molar-refractivity contribution in [3.05, 3.63) is 78.4 Å². The Morgan fingerprint density at radius 3 is 2.31 bits per heavy atom. The maximum absolute atomic E-state index is 13.6. The van der Waals surface area contributed by atoms with E-state index in [0.29, 0.717) is 5.56 Å². The summed E-state index contributed by atoms with van der Waals surface area (Å²) >= 11 is 0. The molecule has 136 valence electrons. The molecule has 5 nitrogen and oxygen atoms in total. The Bertz CT molecular complexity index is 906. The van der Waals surface area contributed by atoms with Crippen molar-refractivity contribution in [1.82, 2.24) is 0 Å². The van der Waals surface area contributed by atoms with Gasteiger partial charge in [0.1, 0.15) is 6.10 Å². The molecule has 1 heterocycles. The Hall–Kier alpha value is -2.44. The standard InChI is InChI=1S/C20H20O5S/c1-3-24-19(21)20(26(22,23)17-12-8-5-9-13-17)15(2)14-25-18(20)16-10-6-4-7-11-16/h4-13,18H,2-3,14H2,1H3/t18-,20+/m0/s1. The molecule has 0 aromatic heterocycles. The maximum Gasteiger partial charge on any atom is 0.335 e. The Labute approximate surface area is 153 Å². The molecule has 0 spiro atoms. The summed E-state index contributed by atoms with van der Waals surface area (Å²) in [6, 6.07) is 16.7. The van der Waals surface area contributed by atoms with Crippen molar-refractivity contribution in [2.75, 3.05) is 13.2 Å². The molecule has 3 rings (SSSR count). The quantitative estimate of drug-likeness (QED) is 0.596. The molecule has 0 bridgehead atoms. The first kappa shape index (κ1) is 18.4. The van der Waals surface area contributed by atoms with Gasteiger partial charge in [-0.25, -0.2) is 13.2 Å². The fourth-order valence-corrected chi connectivity index (χ4v) is 5.36. The predicted molar refractivity (Wildman–Crippen MR) is 97.3 cm³/mol. The van der Waals surface area contributed by atoms with Crippen LogP contribution in [0.3, 0.4) is 0 Å². The van der Waals surface area contributed by atoms with E-state index in [1.54, 1.807) is 49.4 Å². The first-order valence-electron chi connectivity index (χ1n) is 8.28. The van der Waals surface area contributed by atoms with Crippen molar-refractivity contribution in [1.29, 1.82) is 0 Å². The number of carbonyl (C=O) groups excluding carboxylic acids is 1. The third kappa shape index (κ3) is 2.66. The second-order valence-electron chi connectivity index (χ2n) is 5.98. The highest BCUT2D eigenvalue weighted by molar-refractivity contribution is 7.94. The van der Waals surface area contributed by atoms with Gasteiger partial charge < -0.3 is 9.47 Å². The van der Waals surface area contributed by atoms with Crippen molar-refractivity contribution in [3.63, 3.8) is 0 Å². The molecule has 0 saturated carbocycles. The highest BCUT2D eigenvalue weighted by Crippen LogP contribution is 2.49. The second-order valence-corrected chi connectivity index (χ2v) is 8.10. The van der Waals surface area contributed by atoms with Crippen molar-refractivity contribution < 1.29 is 22.7 Å². The average molecular weight is 372 g/mol. The van der Waals surface area contributed by atoms with Crippen molar-refractivity contribution >= 4 is 15.8 Å². The summed E-state index contributed by atoms with van der Waals surface area (Å²) in [4.78, 5) is 13.1. The van der Waals surface area contributed by atoms with Crippen molar-refractivity contribution in [2.45, 2.75) is 22.7 Å². The van der Waals surface area contributed by atoms with Gasteiger partial charge in [0.2, 0.25) is 14.6 Å². The molecule has 2 aromatic carbocycles. The van der Waals surface area contributed by atoms with Crippen LogP contribution in [-0.4, -0.2) is 32.3 Å². The van der Waals surface area contributed by atoms with Gasteiger partial charge in [0, 0.05) is 0 Å². The normalized spacial score (nSPS) is 23.0. The molecule has 1 saturated heterocycles. The number of rotatable bonds is 5. The number of hydrogen-bond donors (Lipinski definition) is 0. The van der Waals surface area contributed by atoms with Gasteiger partial charge in [-0.1, -0.05) is 55.1 Å². The fraction of sp³-hybridized carbons (Fsp3) is 0.250. The molecule has 6 heteroatoms. The zero-order valence-electron chi connectivity index (χ0n) is 14.4. The smallest absolute Gasteiger partial charge is 0.335 e. The van der Waals surface area contributed by atoms with Gasteiger partial charge in [-0.15, -0.1) is 0 Å². The van der Waals surface area contributed by atoms with Crippen LogP contribution in [0.2, 0.25) is 0 Å². The molecule has 26 heavy (non-hydrogen) atoms. The summed E-state index contributed by atoms with van der Waals surface area (Å²) in [5.41, 5.74) is 0.757. The maximum atomic E-state index is 13.6. The lowest BCUT2D eigenvalue weighted by Crippen LogP contribution is -2.51. The summed E-state index contributed by atoms with van der Waals surface area (Å²) in [5.74, 6) is -0.861. The van der Waals surface area contributed by atoms with Crippen LogP contribution in [0.15, 0.2) is 77.7 Å². The van der Waals surface area contributed by atoms with Crippen LogP contribution < -0.4 is 0 Å². The van der Waals surface area contributed by atoms with E-state index in [2.05, 4.69) is 6.58 Å². The van der Waals surface area contributed by atoms with E-state index in [9.17, 15) is 13.2 Å². The van der Waals surface area contributed by atoms with Crippen LogP contribution in [0, 0.1) is 0 Å². The van der Waals surface area contributed by atoms with Gasteiger partial charge in [0.25, 0.3) is 0 Å². The zero-order valence-corrected chi connectivity index (χ0v) is 15.2. The lowest BCUT2D eigenvalue weighted by atomic mass is 9.91. The number of sulfone groups is 1. The van der Waals surface area contributed by atoms with Crippen LogP contribution >= 0.6 is 0 Å². The van der Waals surface area contributed by atoms with E-state index in [1.807, 2.05) is 6.07 Å². The van der Waals surface area contributed by atoms with Crippen LogP contribution in [0.4, 0.5) is 0 Å². The molecule has 0 aliphatic carbocycles.